The maximum atomic E-state index is 12.6. The van der Waals surface area contributed by atoms with E-state index >= 15 is 0 Å². The summed E-state index contributed by atoms with van der Waals surface area (Å²) in [5.41, 5.74) is 4.74. The molecule has 1 atom stereocenters. The molecule has 2 aromatic carbocycles. The number of carbonyl (C=O) groups excluding carboxylic acids is 1. The van der Waals surface area contributed by atoms with Crippen molar-refractivity contribution < 1.29 is 4.79 Å². The molecule has 0 spiro atoms. The van der Waals surface area contributed by atoms with E-state index in [1.54, 1.807) is 0 Å². The van der Waals surface area contributed by atoms with E-state index in [0.717, 1.165) is 42.7 Å². The number of carbonyl (C=O) groups is 1. The summed E-state index contributed by atoms with van der Waals surface area (Å²) in [5, 5.41) is 3.17. The highest BCUT2D eigenvalue weighted by Gasteiger charge is 2.21. The Labute approximate surface area is 179 Å². The number of benzene rings is 2. The van der Waals surface area contributed by atoms with Crippen LogP contribution in [-0.4, -0.2) is 15.5 Å². The van der Waals surface area contributed by atoms with Crippen molar-refractivity contribution in [3.8, 4) is 0 Å². The predicted octanol–water partition coefficient (Wildman–Crippen LogP) is 5.79. The molecule has 4 rings (SSSR count). The molecule has 1 aromatic heterocycles. The summed E-state index contributed by atoms with van der Waals surface area (Å²) < 4.78 is 2.24. The zero-order valence-corrected chi connectivity index (χ0v) is 18.2. The molecule has 1 amide bonds. The quantitative estimate of drug-likeness (QED) is 0.542. The third-order valence-corrected chi connectivity index (χ3v) is 6.63. The van der Waals surface area contributed by atoms with Gasteiger partial charge in [0.05, 0.1) is 17.6 Å². The number of fused-ring (bicyclic) bond motifs is 1. The Kier molecular flexibility index (Phi) is 6.51. The number of hydrogen-bond acceptors (Lipinski definition) is 2. The summed E-state index contributed by atoms with van der Waals surface area (Å²) in [6.07, 6.45) is 6.79. The van der Waals surface area contributed by atoms with Gasteiger partial charge in [-0.2, -0.15) is 0 Å². The fraction of sp³-hybridized carbons (Fsp3) is 0.462. The van der Waals surface area contributed by atoms with Crippen molar-refractivity contribution in [2.24, 2.45) is 5.92 Å². The second kappa shape index (κ2) is 9.46. The zero-order chi connectivity index (χ0) is 20.9. The number of para-hydroxylation sites is 2. The summed E-state index contributed by atoms with van der Waals surface area (Å²) in [7, 11) is 0. The molecular weight excluding hydrogens is 370 g/mol. The maximum Gasteiger partial charge on any atom is 0.223 e. The average molecular weight is 404 g/mol. The summed E-state index contributed by atoms with van der Waals surface area (Å²) >= 11 is 0. The van der Waals surface area contributed by atoms with Gasteiger partial charge in [0.2, 0.25) is 5.91 Å². The molecule has 3 aromatic rings. The third-order valence-electron chi connectivity index (χ3n) is 6.63. The van der Waals surface area contributed by atoms with E-state index in [-0.39, 0.29) is 11.8 Å². The highest BCUT2D eigenvalue weighted by Crippen LogP contribution is 2.24. The van der Waals surface area contributed by atoms with Gasteiger partial charge in [0.25, 0.3) is 0 Å². The van der Waals surface area contributed by atoms with Crippen molar-refractivity contribution in [3.05, 3.63) is 65.5 Å². The van der Waals surface area contributed by atoms with Gasteiger partial charge in [-0.15, -0.1) is 0 Å². The van der Waals surface area contributed by atoms with E-state index in [1.807, 2.05) is 12.1 Å². The predicted molar refractivity (Wildman–Crippen MR) is 122 cm³/mol. The van der Waals surface area contributed by atoms with Crippen molar-refractivity contribution in [2.75, 3.05) is 0 Å². The molecule has 0 saturated heterocycles. The standard InChI is InChI=1S/C26H33N3O/c1-3-19(2)21-15-13-20(14-16-21)18-29-24-12-8-7-11-23(24)28-25(29)17-27-26(30)22-9-5-4-6-10-22/h7-8,11-16,19,22H,3-6,9-10,17-18H2,1-2H3,(H,27,30). The van der Waals surface area contributed by atoms with Crippen LogP contribution in [0.5, 0.6) is 0 Å². The van der Waals surface area contributed by atoms with Crippen molar-refractivity contribution in [1.82, 2.24) is 14.9 Å². The fourth-order valence-electron chi connectivity index (χ4n) is 4.48. The van der Waals surface area contributed by atoms with E-state index in [1.165, 1.54) is 30.4 Å². The average Bonchev–Trinajstić information content (AvgIpc) is 3.15. The number of aromatic nitrogens is 2. The molecule has 0 bridgehead atoms. The van der Waals surface area contributed by atoms with Gasteiger partial charge in [-0.05, 0) is 48.4 Å². The Morgan fingerprint density at radius 2 is 1.83 bits per heavy atom. The first-order valence-electron chi connectivity index (χ1n) is 11.5. The van der Waals surface area contributed by atoms with Crippen molar-refractivity contribution in [2.45, 2.75) is 71.4 Å². The molecule has 1 saturated carbocycles. The summed E-state index contributed by atoms with van der Waals surface area (Å²) in [4.78, 5) is 17.5. The molecule has 1 fully saturated rings. The molecule has 0 radical (unpaired) electrons. The lowest BCUT2D eigenvalue weighted by Gasteiger charge is -2.20. The van der Waals surface area contributed by atoms with Crippen LogP contribution in [0.15, 0.2) is 48.5 Å². The van der Waals surface area contributed by atoms with E-state index in [2.05, 4.69) is 60.1 Å². The first-order chi connectivity index (χ1) is 14.7. The second-order valence-electron chi connectivity index (χ2n) is 8.71. The first kappa shape index (κ1) is 20.6. The largest absolute Gasteiger partial charge is 0.349 e. The van der Waals surface area contributed by atoms with Crippen LogP contribution in [0.3, 0.4) is 0 Å². The molecular formula is C26H33N3O. The molecule has 1 N–H and O–H groups in total. The number of hydrogen-bond donors (Lipinski definition) is 1. The van der Waals surface area contributed by atoms with Gasteiger partial charge in [-0.3, -0.25) is 4.79 Å². The molecule has 4 nitrogen and oxygen atoms in total. The van der Waals surface area contributed by atoms with Crippen LogP contribution in [0.25, 0.3) is 11.0 Å². The number of imidazole rings is 1. The van der Waals surface area contributed by atoms with E-state index in [9.17, 15) is 4.79 Å². The smallest absolute Gasteiger partial charge is 0.223 e. The molecule has 0 aliphatic heterocycles. The third kappa shape index (κ3) is 4.58. The Morgan fingerprint density at radius 3 is 2.57 bits per heavy atom. The summed E-state index contributed by atoms with van der Waals surface area (Å²) in [6.45, 7) is 5.74. The van der Waals surface area contributed by atoms with Crippen molar-refractivity contribution in [3.63, 3.8) is 0 Å². The summed E-state index contributed by atoms with van der Waals surface area (Å²) in [5.74, 6) is 1.86. The molecule has 158 valence electrons. The Morgan fingerprint density at radius 1 is 1.10 bits per heavy atom. The molecule has 1 heterocycles. The SMILES string of the molecule is CCC(C)c1ccc(Cn2c(CNC(=O)C3CCCCC3)nc3ccccc32)cc1. The minimum absolute atomic E-state index is 0.171. The zero-order valence-electron chi connectivity index (χ0n) is 18.2. The molecule has 4 heteroatoms. The lowest BCUT2D eigenvalue weighted by Crippen LogP contribution is -2.32. The number of nitrogens with one attached hydrogen (secondary N) is 1. The fourth-order valence-corrected chi connectivity index (χ4v) is 4.48. The van der Waals surface area contributed by atoms with Crippen LogP contribution in [0.1, 0.15) is 75.2 Å². The van der Waals surface area contributed by atoms with Gasteiger partial charge >= 0.3 is 0 Å². The first-order valence-corrected chi connectivity index (χ1v) is 11.5. The topological polar surface area (TPSA) is 46.9 Å². The number of rotatable bonds is 7. The van der Waals surface area contributed by atoms with Gasteiger partial charge in [-0.1, -0.05) is 69.5 Å². The normalized spacial score (nSPS) is 15.9. The minimum atomic E-state index is 0.171. The van der Waals surface area contributed by atoms with Gasteiger partial charge in [-0.25, -0.2) is 4.98 Å². The van der Waals surface area contributed by atoms with Crippen molar-refractivity contribution in [1.29, 1.82) is 0 Å². The van der Waals surface area contributed by atoms with E-state index < -0.39 is 0 Å². The van der Waals surface area contributed by atoms with Crippen molar-refractivity contribution >= 4 is 16.9 Å². The molecule has 1 aliphatic rings. The maximum absolute atomic E-state index is 12.6. The number of amides is 1. The van der Waals surface area contributed by atoms with Crippen LogP contribution in [0.2, 0.25) is 0 Å². The van der Waals surface area contributed by atoms with Crippen LogP contribution < -0.4 is 5.32 Å². The molecule has 1 unspecified atom stereocenters. The van der Waals surface area contributed by atoms with Crippen LogP contribution in [0, 0.1) is 5.92 Å². The number of nitrogens with zero attached hydrogens (tertiary/aromatic N) is 2. The van der Waals surface area contributed by atoms with E-state index in [0.29, 0.717) is 12.5 Å². The van der Waals surface area contributed by atoms with Gasteiger partial charge in [0.15, 0.2) is 0 Å². The molecule has 30 heavy (non-hydrogen) atoms. The van der Waals surface area contributed by atoms with Crippen LogP contribution >= 0.6 is 0 Å². The highest BCUT2D eigenvalue weighted by atomic mass is 16.1. The van der Waals surface area contributed by atoms with E-state index in [4.69, 9.17) is 4.98 Å². The second-order valence-corrected chi connectivity index (χ2v) is 8.71. The van der Waals surface area contributed by atoms with Crippen LogP contribution in [0.4, 0.5) is 0 Å². The minimum Gasteiger partial charge on any atom is -0.349 e. The van der Waals surface area contributed by atoms with Crippen LogP contribution in [-0.2, 0) is 17.9 Å². The Balaban J connectivity index is 1.53. The Bertz CT molecular complexity index is 983. The Hall–Kier alpha value is -2.62. The monoisotopic (exact) mass is 403 g/mol. The van der Waals surface area contributed by atoms with Gasteiger partial charge < -0.3 is 9.88 Å². The highest BCUT2D eigenvalue weighted by molar-refractivity contribution is 5.79. The lowest BCUT2D eigenvalue weighted by molar-refractivity contribution is -0.126. The molecule has 1 aliphatic carbocycles. The lowest BCUT2D eigenvalue weighted by atomic mass is 9.89. The van der Waals surface area contributed by atoms with Gasteiger partial charge in [0, 0.05) is 12.5 Å². The van der Waals surface area contributed by atoms with Gasteiger partial charge in [0.1, 0.15) is 5.82 Å². The summed E-state index contributed by atoms with van der Waals surface area (Å²) in [6, 6.07) is 17.2.